The Labute approximate surface area is 104 Å². The normalized spacial score (nSPS) is 10.8. The van der Waals surface area contributed by atoms with Crippen LogP contribution in [0.25, 0.3) is 0 Å². The first-order valence-electron chi connectivity index (χ1n) is 4.92. The number of nitriles is 1. The molecule has 1 aromatic carbocycles. The maximum atomic E-state index is 8.71. The number of nitrogens with zero attached hydrogens (tertiary/aromatic N) is 2. The molecule has 0 radical (unpaired) electrons. The molecule has 0 heterocycles. The first kappa shape index (κ1) is 13.4. The molecular formula is C11H13N3O2S. The number of ether oxygens (including phenoxy) is 1. The summed E-state index contributed by atoms with van der Waals surface area (Å²) in [7, 11) is 0. The van der Waals surface area contributed by atoms with Gasteiger partial charge >= 0.3 is 0 Å². The highest BCUT2D eigenvalue weighted by molar-refractivity contribution is 8.13. The number of nitrogens with one attached hydrogen (secondary N) is 1. The van der Waals surface area contributed by atoms with E-state index in [1.54, 1.807) is 12.1 Å². The number of aliphatic imine (C=N–C) groups is 1. The smallest absolute Gasteiger partial charge is 0.183 e. The first-order chi connectivity index (χ1) is 8.31. The van der Waals surface area contributed by atoms with Crippen LogP contribution < -0.4 is 10.1 Å². The predicted molar refractivity (Wildman–Crippen MR) is 68.4 cm³/mol. The Kier molecular flexibility index (Phi) is 5.93. The molecule has 17 heavy (non-hydrogen) atoms. The van der Waals surface area contributed by atoms with Crippen molar-refractivity contribution in [3.8, 4) is 11.9 Å². The molecule has 5 nitrogen and oxygen atoms in total. The van der Waals surface area contributed by atoms with Crippen molar-refractivity contribution in [3.05, 3.63) is 24.3 Å². The zero-order valence-electron chi connectivity index (χ0n) is 9.38. The van der Waals surface area contributed by atoms with Crippen LogP contribution in [0.2, 0.25) is 0 Å². The number of rotatable bonds is 4. The molecule has 0 aromatic heterocycles. The van der Waals surface area contributed by atoms with Gasteiger partial charge in [-0.3, -0.25) is 5.32 Å². The van der Waals surface area contributed by atoms with Crippen LogP contribution in [-0.2, 0) is 0 Å². The van der Waals surface area contributed by atoms with Crippen LogP contribution in [0.4, 0.5) is 5.69 Å². The fourth-order valence-corrected chi connectivity index (χ4v) is 1.45. The maximum absolute atomic E-state index is 8.71. The van der Waals surface area contributed by atoms with Gasteiger partial charge in [0.2, 0.25) is 0 Å². The third kappa shape index (κ3) is 4.34. The molecule has 0 spiro atoms. The number of aliphatic hydroxyl groups excluding tert-OH is 1. The molecule has 0 amide bonds. The lowest BCUT2D eigenvalue weighted by molar-refractivity contribution is 0.202. The minimum Gasteiger partial charge on any atom is -0.489 e. The Morgan fingerprint density at radius 3 is 3.00 bits per heavy atom. The molecule has 0 aliphatic carbocycles. The van der Waals surface area contributed by atoms with E-state index in [0.29, 0.717) is 16.6 Å². The molecule has 0 unspecified atom stereocenters. The summed E-state index contributed by atoms with van der Waals surface area (Å²) in [6.45, 7) is 0.163. The highest BCUT2D eigenvalue weighted by Gasteiger charge is 2.03. The van der Waals surface area contributed by atoms with E-state index in [9.17, 15) is 0 Å². The lowest BCUT2D eigenvalue weighted by Crippen LogP contribution is -2.12. The number of aliphatic hydroxyl groups is 1. The summed E-state index contributed by atoms with van der Waals surface area (Å²) in [6, 6.07) is 7.19. The summed E-state index contributed by atoms with van der Waals surface area (Å²) in [6.07, 6.45) is 3.64. The van der Waals surface area contributed by atoms with Crippen molar-refractivity contribution in [3.63, 3.8) is 0 Å². The Balaban J connectivity index is 2.92. The Bertz CT molecular complexity index is 429. The van der Waals surface area contributed by atoms with Gasteiger partial charge in [-0.25, -0.2) is 4.99 Å². The van der Waals surface area contributed by atoms with Gasteiger partial charge in [-0.2, -0.15) is 5.26 Å². The predicted octanol–water partition coefficient (Wildman–Crippen LogP) is 1.48. The lowest BCUT2D eigenvalue weighted by Gasteiger charge is -2.07. The SMILES string of the molecule is CSC(=Nc1ccccc1OCCO)NC#N. The van der Waals surface area contributed by atoms with Crippen LogP contribution in [-0.4, -0.2) is 29.7 Å². The minimum absolute atomic E-state index is 0.0517. The van der Waals surface area contributed by atoms with Crippen molar-refractivity contribution in [2.45, 2.75) is 0 Å². The summed E-state index contributed by atoms with van der Waals surface area (Å²) in [4.78, 5) is 4.26. The van der Waals surface area contributed by atoms with Gasteiger partial charge in [-0.1, -0.05) is 23.9 Å². The van der Waals surface area contributed by atoms with E-state index in [1.807, 2.05) is 24.6 Å². The van der Waals surface area contributed by atoms with E-state index in [-0.39, 0.29) is 13.2 Å². The molecule has 6 heteroatoms. The highest BCUT2D eigenvalue weighted by Crippen LogP contribution is 2.27. The number of thioether (sulfide) groups is 1. The number of hydrogen-bond acceptors (Lipinski definition) is 5. The van der Waals surface area contributed by atoms with Gasteiger partial charge < -0.3 is 9.84 Å². The van der Waals surface area contributed by atoms with Crippen LogP contribution in [0.5, 0.6) is 5.75 Å². The third-order valence-electron chi connectivity index (χ3n) is 1.79. The Morgan fingerprint density at radius 2 is 2.35 bits per heavy atom. The van der Waals surface area contributed by atoms with Crippen LogP contribution in [0, 0.1) is 11.5 Å². The molecule has 0 aliphatic heterocycles. The highest BCUT2D eigenvalue weighted by atomic mass is 32.2. The number of hydrogen-bond donors (Lipinski definition) is 2. The van der Waals surface area contributed by atoms with Gasteiger partial charge in [0.1, 0.15) is 18.0 Å². The molecule has 0 fully saturated rings. The van der Waals surface area contributed by atoms with E-state index >= 15 is 0 Å². The van der Waals surface area contributed by atoms with Crippen LogP contribution in [0.3, 0.4) is 0 Å². The van der Waals surface area contributed by atoms with Crippen molar-refractivity contribution in [2.75, 3.05) is 19.5 Å². The largest absolute Gasteiger partial charge is 0.489 e. The fourth-order valence-electron chi connectivity index (χ4n) is 1.11. The fraction of sp³-hybridized carbons (Fsp3) is 0.273. The molecular weight excluding hydrogens is 238 g/mol. The van der Waals surface area contributed by atoms with E-state index in [4.69, 9.17) is 15.1 Å². The van der Waals surface area contributed by atoms with Gasteiger partial charge in [0, 0.05) is 0 Å². The number of benzene rings is 1. The number of amidine groups is 1. The van der Waals surface area contributed by atoms with Crippen molar-refractivity contribution < 1.29 is 9.84 Å². The molecule has 90 valence electrons. The zero-order valence-corrected chi connectivity index (χ0v) is 10.2. The molecule has 2 N–H and O–H groups in total. The molecule has 0 atom stereocenters. The van der Waals surface area contributed by atoms with Crippen LogP contribution in [0.15, 0.2) is 29.3 Å². The van der Waals surface area contributed by atoms with Crippen molar-refractivity contribution >= 4 is 22.6 Å². The molecule has 1 aromatic rings. The van der Waals surface area contributed by atoms with E-state index < -0.39 is 0 Å². The Hall–Kier alpha value is -1.71. The van der Waals surface area contributed by atoms with Gasteiger partial charge in [-0.05, 0) is 18.4 Å². The second-order valence-electron chi connectivity index (χ2n) is 2.90. The van der Waals surface area contributed by atoms with Crippen LogP contribution in [0.1, 0.15) is 0 Å². The lowest BCUT2D eigenvalue weighted by atomic mass is 10.3. The van der Waals surface area contributed by atoms with Gasteiger partial charge in [0.15, 0.2) is 11.4 Å². The molecule has 0 aliphatic rings. The van der Waals surface area contributed by atoms with Gasteiger partial charge in [0.25, 0.3) is 0 Å². The monoisotopic (exact) mass is 251 g/mol. The quantitative estimate of drug-likeness (QED) is 0.367. The maximum Gasteiger partial charge on any atom is 0.183 e. The topological polar surface area (TPSA) is 77.6 Å². The molecule has 0 bridgehead atoms. The second kappa shape index (κ2) is 7.54. The molecule has 0 saturated heterocycles. The summed E-state index contributed by atoms with van der Waals surface area (Å²) >= 11 is 1.33. The zero-order chi connectivity index (χ0) is 12.5. The second-order valence-corrected chi connectivity index (χ2v) is 3.69. The van der Waals surface area contributed by atoms with E-state index in [2.05, 4.69) is 10.3 Å². The Morgan fingerprint density at radius 1 is 1.59 bits per heavy atom. The van der Waals surface area contributed by atoms with Crippen molar-refractivity contribution in [1.29, 1.82) is 5.26 Å². The minimum atomic E-state index is -0.0517. The first-order valence-corrected chi connectivity index (χ1v) is 6.14. The summed E-state index contributed by atoms with van der Waals surface area (Å²) in [5.74, 6) is 0.577. The standard InChI is InChI=1S/C11H13N3O2S/c1-17-11(13-8-12)14-9-4-2-3-5-10(9)16-7-6-15/h2-5,15H,6-7H2,1H3,(H,13,14). The van der Waals surface area contributed by atoms with E-state index in [1.165, 1.54) is 11.8 Å². The van der Waals surface area contributed by atoms with E-state index in [0.717, 1.165) is 0 Å². The van der Waals surface area contributed by atoms with Gasteiger partial charge in [0.05, 0.1) is 6.61 Å². The van der Waals surface area contributed by atoms with Crippen LogP contribution >= 0.6 is 11.8 Å². The molecule has 1 rings (SSSR count). The van der Waals surface area contributed by atoms with Gasteiger partial charge in [-0.15, -0.1) is 0 Å². The number of para-hydroxylation sites is 2. The summed E-state index contributed by atoms with van der Waals surface area (Å²) in [5, 5.41) is 20.2. The average molecular weight is 251 g/mol. The molecule has 0 saturated carbocycles. The third-order valence-corrected chi connectivity index (χ3v) is 2.37. The average Bonchev–Trinajstić information content (AvgIpc) is 2.37. The summed E-state index contributed by atoms with van der Waals surface area (Å²) < 4.78 is 5.33. The van der Waals surface area contributed by atoms with Crippen molar-refractivity contribution in [1.82, 2.24) is 5.32 Å². The summed E-state index contributed by atoms with van der Waals surface area (Å²) in [5.41, 5.74) is 0.619. The van der Waals surface area contributed by atoms with Crippen molar-refractivity contribution in [2.24, 2.45) is 4.99 Å².